The van der Waals surface area contributed by atoms with Crippen molar-refractivity contribution in [3.63, 3.8) is 0 Å². The Hall–Kier alpha value is -1.75. The van der Waals surface area contributed by atoms with E-state index in [1.54, 1.807) is 0 Å². The Morgan fingerprint density at radius 3 is 2.57 bits per heavy atom. The number of aliphatic hydroxyl groups is 2. The SMILES string of the molecule is Cc1cn([C@H]2C[C@H](O)[C@@H](COP(=O)([O-])OP(=O)([O-])O[C@@H]3C[C@](O)(C(=O)[O-])[C@H](C)O3)O2)c(=O)[nH]c1=O. The van der Waals surface area contributed by atoms with Crippen LogP contribution < -0.4 is 26.1 Å². The second-order valence-electron chi connectivity index (χ2n) is 7.91. The fraction of sp³-hybridized carbons (Fsp3) is 0.688. The number of aromatic nitrogens is 2. The monoisotopic (exact) mass is 543 g/mol. The number of H-pyrrole nitrogens is 1. The second-order valence-corrected chi connectivity index (χ2v) is 10.8. The van der Waals surface area contributed by atoms with Gasteiger partial charge in [-0.1, -0.05) is 0 Å². The number of aryl methyl sites for hydroxylation is 1. The van der Waals surface area contributed by atoms with Crippen molar-refractivity contribution in [3.05, 3.63) is 32.6 Å². The first-order chi connectivity index (χ1) is 16.0. The first kappa shape index (κ1) is 27.8. The number of carbonyl (C=O) groups excluding carboxylic acids is 1. The first-order valence-corrected chi connectivity index (χ1v) is 12.9. The summed E-state index contributed by atoms with van der Waals surface area (Å²) >= 11 is 0. The summed E-state index contributed by atoms with van der Waals surface area (Å²) in [5.74, 6) is -1.96. The lowest BCUT2D eigenvalue weighted by Crippen LogP contribution is -2.52. The lowest BCUT2D eigenvalue weighted by Gasteiger charge is -2.32. The van der Waals surface area contributed by atoms with Crippen LogP contribution in [0.1, 0.15) is 31.6 Å². The largest absolute Gasteiger partial charge is 0.756 e. The van der Waals surface area contributed by atoms with Crippen molar-refractivity contribution >= 4 is 21.6 Å². The minimum Gasteiger partial charge on any atom is -0.756 e. The number of nitrogens with one attached hydrogen (secondary N) is 1. The van der Waals surface area contributed by atoms with Crippen molar-refractivity contribution < 1.29 is 61.9 Å². The number of carboxylic acid groups (broad SMARTS) is 1. The molecule has 2 aliphatic heterocycles. The summed E-state index contributed by atoms with van der Waals surface area (Å²) in [4.78, 5) is 60.4. The van der Waals surface area contributed by atoms with Crippen LogP contribution in [0.4, 0.5) is 0 Å². The minimum atomic E-state index is -5.71. The molecule has 0 aliphatic carbocycles. The van der Waals surface area contributed by atoms with Crippen molar-refractivity contribution in [2.45, 2.75) is 63.1 Å². The van der Waals surface area contributed by atoms with Crippen molar-refractivity contribution in [2.75, 3.05) is 6.61 Å². The van der Waals surface area contributed by atoms with E-state index < -0.39 is 82.3 Å². The molecule has 0 spiro atoms. The lowest BCUT2D eigenvalue weighted by molar-refractivity contribution is -0.326. The molecule has 3 rings (SSSR count). The highest BCUT2D eigenvalue weighted by molar-refractivity contribution is 7.59. The van der Waals surface area contributed by atoms with Gasteiger partial charge in [0.15, 0.2) is 6.29 Å². The Balaban J connectivity index is 1.58. The zero-order chi connectivity index (χ0) is 26.3. The summed E-state index contributed by atoms with van der Waals surface area (Å²) in [6.07, 6.45) is -7.02. The van der Waals surface area contributed by atoms with Crippen molar-refractivity contribution in [1.82, 2.24) is 9.55 Å². The molecule has 0 saturated carbocycles. The van der Waals surface area contributed by atoms with E-state index in [0.29, 0.717) is 0 Å². The summed E-state index contributed by atoms with van der Waals surface area (Å²) in [5.41, 5.74) is -3.87. The molecule has 0 amide bonds. The van der Waals surface area contributed by atoms with Crippen LogP contribution >= 0.6 is 15.6 Å². The molecule has 17 nitrogen and oxygen atoms in total. The highest BCUT2D eigenvalue weighted by atomic mass is 31.3. The molecule has 0 radical (unpaired) electrons. The molecule has 198 valence electrons. The Morgan fingerprint density at radius 2 is 1.97 bits per heavy atom. The normalized spacial score (nSPS) is 34.4. The summed E-state index contributed by atoms with van der Waals surface area (Å²) in [7, 11) is -11.3. The number of nitrogens with zero attached hydrogens (tertiary/aromatic N) is 1. The molecular formula is C16H21N2O15P2-3. The molecule has 0 aromatic carbocycles. The third-order valence-electron chi connectivity index (χ3n) is 5.36. The number of phosphoric acid groups is 2. The predicted octanol–water partition coefficient (Wildman–Crippen LogP) is -3.90. The van der Waals surface area contributed by atoms with Crippen LogP contribution in [0.3, 0.4) is 0 Å². The van der Waals surface area contributed by atoms with Crippen LogP contribution in [0.15, 0.2) is 15.8 Å². The van der Waals surface area contributed by atoms with Crippen LogP contribution in [0.2, 0.25) is 0 Å². The molecule has 1 aromatic heterocycles. The minimum absolute atomic E-state index is 0.171. The van der Waals surface area contributed by atoms with Gasteiger partial charge >= 0.3 is 5.69 Å². The van der Waals surface area contributed by atoms with E-state index in [9.17, 15) is 48.6 Å². The van der Waals surface area contributed by atoms with Gasteiger partial charge in [-0.2, -0.15) is 0 Å². The zero-order valence-electron chi connectivity index (χ0n) is 18.1. The third-order valence-corrected chi connectivity index (χ3v) is 7.92. The molecule has 2 saturated heterocycles. The Morgan fingerprint density at radius 1 is 1.31 bits per heavy atom. The van der Waals surface area contributed by atoms with Crippen LogP contribution in [-0.2, 0) is 36.8 Å². The second kappa shape index (κ2) is 9.95. The average Bonchev–Trinajstić information content (AvgIpc) is 3.21. The summed E-state index contributed by atoms with van der Waals surface area (Å²) in [6, 6.07) is 0. The number of carbonyl (C=O) groups is 1. The van der Waals surface area contributed by atoms with Gasteiger partial charge < -0.3 is 43.9 Å². The van der Waals surface area contributed by atoms with Crippen LogP contribution in [0.5, 0.6) is 0 Å². The molecule has 19 heteroatoms. The number of ether oxygens (including phenoxy) is 2. The molecule has 8 atom stereocenters. The maximum absolute atomic E-state index is 12.0. The van der Waals surface area contributed by atoms with E-state index in [0.717, 1.165) is 11.5 Å². The van der Waals surface area contributed by atoms with Gasteiger partial charge in [-0.25, -0.2) is 9.11 Å². The van der Waals surface area contributed by atoms with Crippen molar-refractivity contribution in [2.24, 2.45) is 0 Å². The highest BCUT2D eigenvalue weighted by Gasteiger charge is 2.48. The number of rotatable bonds is 9. The van der Waals surface area contributed by atoms with E-state index in [2.05, 4.69) is 13.4 Å². The van der Waals surface area contributed by atoms with E-state index in [-0.39, 0.29) is 12.0 Å². The maximum Gasteiger partial charge on any atom is 0.330 e. The molecule has 3 heterocycles. The quantitative estimate of drug-likeness (QED) is 0.251. The maximum atomic E-state index is 12.0. The molecular weight excluding hydrogens is 522 g/mol. The number of carboxylic acids is 1. The number of aliphatic carboxylic acids is 1. The Labute approximate surface area is 196 Å². The average molecular weight is 543 g/mol. The molecule has 1 aromatic rings. The van der Waals surface area contributed by atoms with Gasteiger partial charge in [0, 0.05) is 24.6 Å². The third kappa shape index (κ3) is 6.34. The number of aliphatic hydroxyl groups excluding tert-OH is 1. The van der Waals surface area contributed by atoms with Crippen LogP contribution in [-0.4, -0.2) is 62.5 Å². The van der Waals surface area contributed by atoms with E-state index >= 15 is 0 Å². The molecule has 2 fully saturated rings. The van der Waals surface area contributed by atoms with E-state index in [1.165, 1.54) is 13.1 Å². The van der Waals surface area contributed by atoms with Crippen molar-refractivity contribution in [3.8, 4) is 0 Å². The number of hydrogen-bond acceptors (Lipinski definition) is 15. The van der Waals surface area contributed by atoms with Gasteiger partial charge in [-0.3, -0.25) is 28.0 Å². The predicted molar refractivity (Wildman–Crippen MR) is 103 cm³/mol. The summed E-state index contributed by atoms with van der Waals surface area (Å²) in [5, 5.41) is 31.0. The van der Waals surface area contributed by atoms with Crippen molar-refractivity contribution in [1.29, 1.82) is 0 Å². The fourth-order valence-corrected chi connectivity index (χ4v) is 5.49. The van der Waals surface area contributed by atoms with E-state index in [1.807, 2.05) is 4.98 Å². The topological polar surface area (TPSA) is 262 Å². The van der Waals surface area contributed by atoms with Gasteiger partial charge in [0.1, 0.15) is 17.9 Å². The Kier molecular flexibility index (Phi) is 7.91. The van der Waals surface area contributed by atoms with Gasteiger partial charge in [0.2, 0.25) is 0 Å². The molecule has 3 N–H and O–H groups in total. The number of aromatic amines is 1. The lowest BCUT2D eigenvalue weighted by atomic mass is 9.97. The van der Waals surface area contributed by atoms with Crippen LogP contribution in [0.25, 0.3) is 0 Å². The molecule has 2 unspecified atom stereocenters. The van der Waals surface area contributed by atoms with Gasteiger partial charge in [-0.05, 0) is 13.8 Å². The molecule has 0 bridgehead atoms. The number of phosphoric ester groups is 2. The van der Waals surface area contributed by atoms with Crippen LogP contribution in [0, 0.1) is 6.92 Å². The smallest absolute Gasteiger partial charge is 0.330 e. The number of hydrogen-bond donors (Lipinski definition) is 3. The highest BCUT2D eigenvalue weighted by Crippen LogP contribution is 2.57. The first-order valence-electron chi connectivity index (χ1n) is 9.94. The van der Waals surface area contributed by atoms with Gasteiger partial charge in [-0.15, -0.1) is 0 Å². The summed E-state index contributed by atoms with van der Waals surface area (Å²) < 4.78 is 47.8. The molecule has 35 heavy (non-hydrogen) atoms. The van der Waals surface area contributed by atoms with Gasteiger partial charge in [0.25, 0.3) is 21.2 Å². The summed E-state index contributed by atoms with van der Waals surface area (Å²) in [6.45, 7) is 1.60. The Bertz CT molecular complexity index is 1180. The standard InChI is InChI=1S/C16H24N2O15P2/c1-7-5-18(15(23)17-13(7)20)11-3-9(19)10(31-11)6-29-34(25,26)33-35(27,28)32-12-4-16(24,14(21)22)8(2)30-12/h5,8-12,19,24H,3-4,6H2,1-2H3,(H,21,22)(H,25,26)(H,27,28)(H,17,20,23)/p-3/t8-,9-,10+,11+,12+,16+/m0/s1. The molecule has 2 aliphatic rings. The zero-order valence-corrected chi connectivity index (χ0v) is 19.9. The van der Waals surface area contributed by atoms with Gasteiger partial charge in [0.05, 0.1) is 24.8 Å². The fourth-order valence-electron chi connectivity index (χ4n) is 3.43. The van der Waals surface area contributed by atoms with E-state index in [4.69, 9.17) is 9.47 Å².